The Labute approximate surface area is 188 Å². The third-order valence-corrected chi connectivity index (χ3v) is 6.50. The minimum absolute atomic E-state index is 0.161. The van der Waals surface area contributed by atoms with E-state index in [1.807, 2.05) is 36.9 Å². The second-order valence-electron chi connectivity index (χ2n) is 8.70. The highest BCUT2D eigenvalue weighted by Gasteiger charge is 2.37. The van der Waals surface area contributed by atoms with E-state index < -0.39 is 0 Å². The van der Waals surface area contributed by atoms with Gasteiger partial charge in [-0.2, -0.15) is 0 Å². The predicted molar refractivity (Wildman–Crippen MR) is 129 cm³/mol. The summed E-state index contributed by atoms with van der Waals surface area (Å²) in [5.41, 5.74) is 2.25. The van der Waals surface area contributed by atoms with Gasteiger partial charge < -0.3 is 15.1 Å². The number of nitrogens with one attached hydrogen (secondary N) is 2. The molecule has 1 fully saturated rings. The number of hydrogen-bond acceptors (Lipinski definition) is 5. The van der Waals surface area contributed by atoms with Crippen molar-refractivity contribution in [3.63, 3.8) is 0 Å². The van der Waals surface area contributed by atoms with Gasteiger partial charge in [-0.05, 0) is 38.3 Å². The molecule has 0 spiro atoms. The summed E-state index contributed by atoms with van der Waals surface area (Å²) < 4.78 is 1.32. The van der Waals surface area contributed by atoms with Gasteiger partial charge in [0.1, 0.15) is 11.5 Å². The van der Waals surface area contributed by atoms with Crippen molar-refractivity contribution in [2.24, 2.45) is 0 Å². The van der Waals surface area contributed by atoms with Gasteiger partial charge in [-0.15, -0.1) is 0 Å². The molecule has 4 rings (SSSR count). The SMILES string of the molecule is CCCCn1c(=O)[nH]c2c(c1=O)N(CC)c1c(NC(C)=O)cccc1N2C1CCCCC1. The number of para-hydroxylation sites is 1. The molecule has 172 valence electrons. The summed E-state index contributed by atoms with van der Waals surface area (Å²) in [4.78, 5) is 45.7. The summed E-state index contributed by atoms with van der Waals surface area (Å²) in [6.07, 6.45) is 7.08. The molecule has 0 unspecified atom stereocenters. The third kappa shape index (κ3) is 3.82. The van der Waals surface area contributed by atoms with Crippen molar-refractivity contribution in [3.8, 4) is 0 Å². The molecule has 0 radical (unpaired) electrons. The second-order valence-corrected chi connectivity index (χ2v) is 8.70. The van der Waals surface area contributed by atoms with E-state index in [1.165, 1.54) is 17.9 Å². The van der Waals surface area contributed by atoms with Crippen molar-refractivity contribution in [1.29, 1.82) is 0 Å². The number of carbonyl (C=O) groups is 1. The molecule has 2 N–H and O–H groups in total. The first-order chi connectivity index (χ1) is 15.5. The van der Waals surface area contributed by atoms with Crippen molar-refractivity contribution in [3.05, 3.63) is 39.0 Å². The summed E-state index contributed by atoms with van der Waals surface area (Å²) in [6.45, 7) is 6.43. The monoisotopic (exact) mass is 439 g/mol. The average Bonchev–Trinajstić information content (AvgIpc) is 2.78. The van der Waals surface area contributed by atoms with Crippen LogP contribution in [-0.4, -0.2) is 28.0 Å². The largest absolute Gasteiger partial charge is 0.331 e. The van der Waals surface area contributed by atoms with Gasteiger partial charge >= 0.3 is 5.69 Å². The number of fused-ring (bicyclic) bond motifs is 2. The maximum Gasteiger partial charge on any atom is 0.330 e. The summed E-state index contributed by atoms with van der Waals surface area (Å²) in [5.74, 6) is 0.417. The van der Waals surface area contributed by atoms with E-state index in [0.29, 0.717) is 30.3 Å². The van der Waals surface area contributed by atoms with E-state index in [1.54, 1.807) is 0 Å². The maximum atomic E-state index is 13.7. The fraction of sp³-hybridized carbons (Fsp3) is 0.542. The fourth-order valence-corrected chi connectivity index (χ4v) is 5.05. The van der Waals surface area contributed by atoms with Crippen LogP contribution in [0.25, 0.3) is 0 Å². The number of aromatic amines is 1. The summed E-state index contributed by atoms with van der Waals surface area (Å²) in [7, 11) is 0. The van der Waals surface area contributed by atoms with Crippen LogP contribution in [0.5, 0.6) is 0 Å². The Balaban J connectivity index is 1.99. The topological polar surface area (TPSA) is 90.4 Å². The van der Waals surface area contributed by atoms with Crippen LogP contribution in [0.1, 0.15) is 65.7 Å². The number of nitrogens with zero attached hydrogens (tertiary/aromatic N) is 3. The Morgan fingerprint density at radius 2 is 1.88 bits per heavy atom. The molecule has 0 bridgehead atoms. The second kappa shape index (κ2) is 9.22. The quantitative estimate of drug-likeness (QED) is 0.703. The molecule has 0 saturated heterocycles. The van der Waals surface area contributed by atoms with Gasteiger partial charge in [-0.25, -0.2) is 4.79 Å². The van der Waals surface area contributed by atoms with Crippen molar-refractivity contribution >= 4 is 34.5 Å². The number of amides is 1. The van der Waals surface area contributed by atoms with Crippen LogP contribution in [0.4, 0.5) is 28.6 Å². The van der Waals surface area contributed by atoms with E-state index >= 15 is 0 Å². The lowest BCUT2D eigenvalue weighted by molar-refractivity contribution is -0.114. The lowest BCUT2D eigenvalue weighted by Crippen LogP contribution is -2.46. The van der Waals surface area contributed by atoms with Crippen molar-refractivity contribution < 1.29 is 4.79 Å². The van der Waals surface area contributed by atoms with Gasteiger partial charge in [0.15, 0.2) is 0 Å². The zero-order valence-electron chi connectivity index (χ0n) is 19.2. The minimum Gasteiger partial charge on any atom is -0.331 e. The molecule has 8 nitrogen and oxygen atoms in total. The van der Waals surface area contributed by atoms with E-state index in [0.717, 1.165) is 49.9 Å². The highest BCUT2D eigenvalue weighted by Crippen LogP contribution is 2.50. The minimum atomic E-state index is -0.361. The molecule has 2 aliphatic rings. The van der Waals surface area contributed by atoms with Crippen LogP contribution < -0.4 is 26.4 Å². The first kappa shape index (κ1) is 22.2. The molecule has 0 atom stereocenters. The molecule has 2 heterocycles. The number of benzene rings is 1. The smallest absolute Gasteiger partial charge is 0.330 e. The number of hydrogen-bond donors (Lipinski definition) is 2. The zero-order valence-corrected chi connectivity index (χ0v) is 19.2. The van der Waals surface area contributed by atoms with E-state index in [4.69, 9.17) is 0 Å². The Kier molecular flexibility index (Phi) is 6.39. The molecule has 1 saturated carbocycles. The molecular formula is C24H33N5O3. The number of anilines is 5. The van der Waals surface area contributed by atoms with Crippen LogP contribution in [0.15, 0.2) is 27.8 Å². The Morgan fingerprint density at radius 3 is 2.53 bits per heavy atom. The van der Waals surface area contributed by atoms with Gasteiger partial charge in [0, 0.05) is 26.1 Å². The highest BCUT2D eigenvalue weighted by atomic mass is 16.2. The summed E-state index contributed by atoms with van der Waals surface area (Å²) in [5, 5.41) is 2.94. The molecule has 1 aromatic heterocycles. The van der Waals surface area contributed by atoms with Crippen molar-refractivity contribution in [1.82, 2.24) is 9.55 Å². The Morgan fingerprint density at radius 1 is 1.12 bits per heavy atom. The lowest BCUT2D eigenvalue weighted by atomic mass is 9.92. The lowest BCUT2D eigenvalue weighted by Gasteiger charge is -2.44. The van der Waals surface area contributed by atoms with Crippen molar-refractivity contribution in [2.45, 2.75) is 78.3 Å². The standard InChI is InChI=1S/C24H33N5O3/c1-4-6-15-28-23(31)21-22(26-24(28)32)29(17-11-8-7-9-12-17)19-14-10-13-18(25-16(3)30)20(19)27(21)5-2/h10,13-14,17H,4-9,11-12,15H2,1-3H3,(H,25,30)(H,26,32). The first-order valence-electron chi connectivity index (χ1n) is 11.8. The maximum absolute atomic E-state index is 13.7. The van der Waals surface area contributed by atoms with Gasteiger partial charge in [-0.1, -0.05) is 38.7 Å². The van der Waals surface area contributed by atoms with Crippen LogP contribution in [0.2, 0.25) is 0 Å². The number of rotatable bonds is 6. The van der Waals surface area contributed by atoms with Crippen LogP contribution in [0.3, 0.4) is 0 Å². The average molecular weight is 440 g/mol. The number of H-pyrrole nitrogens is 1. The van der Waals surface area contributed by atoms with Gasteiger partial charge in [0.2, 0.25) is 5.91 Å². The van der Waals surface area contributed by atoms with E-state index in [-0.39, 0.29) is 23.2 Å². The number of aromatic nitrogens is 2. The van der Waals surface area contributed by atoms with Gasteiger partial charge in [0.25, 0.3) is 5.56 Å². The van der Waals surface area contributed by atoms with E-state index in [9.17, 15) is 14.4 Å². The predicted octanol–water partition coefficient (Wildman–Crippen LogP) is 4.24. The molecule has 1 aliphatic carbocycles. The highest BCUT2D eigenvalue weighted by molar-refractivity contribution is 6.02. The molecule has 8 heteroatoms. The van der Waals surface area contributed by atoms with E-state index in [2.05, 4.69) is 15.2 Å². The summed E-state index contributed by atoms with van der Waals surface area (Å²) in [6, 6.07) is 5.99. The normalized spacial score (nSPS) is 16.0. The zero-order chi connectivity index (χ0) is 22.8. The van der Waals surface area contributed by atoms with Crippen LogP contribution in [-0.2, 0) is 11.3 Å². The molecule has 2 aromatic rings. The van der Waals surface area contributed by atoms with Crippen LogP contribution >= 0.6 is 0 Å². The Bertz CT molecular complexity index is 1110. The molecule has 1 aliphatic heterocycles. The molecule has 1 aromatic carbocycles. The molecule has 32 heavy (non-hydrogen) atoms. The molecular weight excluding hydrogens is 406 g/mol. The van der Waals surface area contributed by atoms with Gasteiger partial charge in [0.05, 0.1) is 17.1 Å². The Hall–Kier alpha value is -3.03. The number of unbranched alkanes of at least 4 members (excludes halogenated alkanes) is 1. The summed E-state index contributed by atoms with van der Waals surface area (Å²) >= 11 is 0. The first-order valence-corrected chi connectivity index (χ1v) is 11.8. The third-order valence-electron chi connectivity index (χ3n) is 6.50. The van der Waals surface area contributed by atoms with Crippen LogP contribution in [0, 0.1) is 0 Å². The fourth-order valence-electron chi connectivity index (χ4n) is 5.05. The molecule has 1 amide bonds. The van der Waals surface area contributed by atoms with Gasteiger partial charge in [-0.3, -0.25) is 19.1 Å². The van der Waals surface area contributed by atoms with Crippen molar-refractivity contribution in [2.75, 3.05) is 21.7 Å². The number of carbonyl (C=O) groups excluding carboxylic acids is 1.